The number of morpholine rings is 1. The molecule has 2 aromatic rings. The van der Waals surface area contributed by atoms with Gasteiger partial charge in [0.1, 0.15) is 11.6 Å². The van der Waals surface area contributed by atoms with Gasteiger partial charge in [-0.05, 0) is 37.6 Å². The lowest BCUT2D eigenvalue weighted by molar-refractivity contribution is -0.130. The van der Waals surface area contributed by atoms with Crippen molar-refractivity contribution in [2.75, 3.05) is 26.8 Å². The fourth-order valence-electron chi connectivity index (χ4n) is 3.50. The summed E-state index contributed by atoms with van der Waals surface area (Å²) in [5.41, 5.74) is 1.86. The summed E-state index contributed by atoms with van der Waals surface area (Å²) in [5, 5.41) is 3.08. The average molecular weight is 386 g/mol. The number of benzene rings is 2. The fourth-order valence-corrected chi connectivity index (χ4v) is 3.50. The van der Waals surface area contributed by atoms with Gasteiger partial charge in [-0.3, -0.25) is 9.69 Å². The van der Waals surface area contributed by atoms with Crippen LogP contribution >= 0.6 is 0 Å². The predicted molar refractivity (Wildman–Crippen MR) is 106 cm³/mol. The van der Waals surface area contributed by atoms with E-state index in [1.54, 1.807) is 19.2 Å². The number of nitrogens with one attached hydrogen (secondary N) is 1. The van der Waals surface area contributed by atoms with Crippen molar-refractivity contribution < 1.29 is 18.7 Å². The highest BCUT2D eigenvalue weighted by atomic mass is 19.1. The minimum absolute atomic E-state index is 0.0434. The second-order valence-corrected chi connectivity index (χ2v) is 7.05. The van der Waals surface area contributed by atoms with Crippen LogP contribution in [0.15, 0.2) is 48.5 Å². The maximum absolute atomic E-state index is 13.2. The molecule has 1 amide bonds. The Morgan fingerprint density at radius 1 is 1.21 bits per heavy atom. The SMILES string of the molecule is COc1ccccc1C(C)NC(=O)C(C)N1CCOC(c2ccc(F)cc2)C1. The van der Waals surface area contributed by atoms with Crippen LogP contribution in [-0.2, 0) is 9.53 Å². The molecule has 1 fully saturated rings. The molecule has 3 rings (SSSR count). The number of nitrogens with zero attached hydrogens (tertiary/aromatic N) is 1. The predicted octanol–water partition coefficient (Wildman–Crippen LogP) is 3.47. The molecule has 28 heavy (non-hydrogen) atoms. The van der Waals surface area contributed by atoms with E-state index in [0.717, 1.165) is 16.9 Å². The second-order valence-electron chi connectivity index (χ2n) is 7.05. The number of amides is 1. The van der Waals surface area contributed by atoms with E-state index < -0.39 is 0 Å². The smallest absolute Gasteiger partial charge is 0.237 e. The molecule has 1 aliphatic rings. The lowest BCUT2D eigenvalue weighted by Gasteiger charge is -2.36. The number of carbonyl (C=O) groups excluding carboxylic acids is 1. The summed E-state index contributed by atoms with van der Waals surface area (Å²) in [7, 11) is 1.62. The third kappa shape index (κ3) is 4.69. The largest absolute Gasteiger partial charge is 0.496 e. The number of hydrogen-bond donors (Lipinski definition) is 1. The van der Waals surface area contributed by atoms with Crippen molar-refractivity contribution in [2.45, 2.75) is 32.0 Å². The van der Waals surface area contributed by atoms with Crippen LogP contribution in [0.4, 0.5) is 4.39 Å². The Hall–Kier alpha value is -2.44. The van der Waals surface area contributed by atoms with Crippen LogP contribution in [0.1, 0.15) is 37.1 Å². The van der Waals surface area contributed by atoms with Gasteiger partial charge < -0.3 is 14.8 Å². The molecule has 1 saturated heterocycles. The molecule has 0 saturated carbocycles. The maximum Gasteiger partial charge on any atom is 0.237 e. The summed E-state index contributed by atoms with van der Waals surface area (Å²) < 4.78 is 24.4. The molecule has 0 bridgehead atoms. The van der Waals surface area contributed by atoms with Crippen molar-refractivity contribution in [3.05, 3.63) is 65.5 Å². The van der Waals surface area contributed by atoms with Crippen LogP contribution in [0.3, 0.4) is 0 Å². The third-order valence-corrected chi connectivity index (χ3v) is 5.23. The van der Waals surface area contributed by atoms with Gasteiger partial charge >= 0.3 is 0 Å². The van der Waals surface area contributed by atoms with Crippen molar-refractivity contribution in [3.63, 3.8) is 0 Å². The number of methoxy groups -OCH3 is 1. The van der Waals surface area contributed by atoms with Gasteiger partial charge in [0.2, 0.25) is 5.91 Å². The standard InChI is InChI=1S/C22H27FN2O3/c1-15(19-6-4-5-7-20(19)27-3)24-22(26)16(2)25-12-13-28-21(14-25)17-8-10-18(23)11-9-17/h4-11,15-16,21H,12-14H2,1-3H3,(H,24,26). The molecule has 0 radical (unpaired) electrons. The van der Waals surface area contributed by atoms with Crippen LogP contribution in [0.5, 0.6) is 5.75 Å². The van der Waals surface area contributed by atoms with Crippen LogP contribution < -0.4 is 10.1 Å². The summed E-state index contributed by atoms with van der Waals surface area (Å²) in [6.07, 6.45) is -0.170. The van der Waals surface area contributed by atoms with E-state index in [1.165, 1.54) is 12.1 Å². The van der Waals surface area contributed by atoms with Crippen molar-refractivity contribution in [1.29, 1.82) is 0 Å². The van der Waals surface area contributed by atoms with Gasteiger partial charge in [-0.25, -0.2) is 4.39 Å². The van der Waals surface area contributed by atoms with E-state index >= 15 is 0 Å². The van der Waals surface area contributed by atoms with Gasteiger partial charge in [-0.1, -0.05) is 30.3 Å². The quantitative estimate of drug-likeness (QED) is 0.826. The Morgan fingerprint density at radius 3 is 2.64 bits per heavy atom. The monoisotopic (exact) mass is 386 g/mol. The van der Waals surface area contributed by atoms with Crippen LogP contribution in [0.25, 0.3) is 0 Å². The normalized spacial score (nSPS) is 19.6. The second kappa shape index (κ2) is 9.17. The minimum Gasteiger partial charge on any atom is -0.496 e. The minimum atomic E-state index is -0.302. The maximum atomic E-state index is 13.2. The van der Waals surface area contributed by atoms with Crippen LogP contribution in [0, 0.1) is 5.82 Å². The Bertz CT molecular complexity index is 797. The number of ether oxygens (including phenoxy) is 2. The zero-order chi connectivity index (χ0) is 20.1. The lowest BCUT2D eigenvalue weighted by Crippen LogP contribution is -2.50. The molecule has 0 spiro atoms. The molecule has 0 aromatic heterocycles. The lowest BCUT2D eigenvalue weighted by atomic mass is 10.1. The summed E-state index contributed by atoms with van der Waals surface area (Å²) in [4.78, 5) is 14.9. The average Bonchev–Trinajstić information content (AvgIpc) is 2.73. The molecule has 1 heterocycles. The molecule has 2 aromatic carbocycles. The third-order valence-electron chi connectivity index (χ3n) is 5.23. The number of carbonyl (C=O) groups is 1. The molecule has 0 aliphatic carbocycles. The van der Waals surface area contributed by atoms with E-state index in [-0.39, 0.29) is 29.9 Å². The number of hydrogen-bond acceptors (Lipinski definition) is 4. The van der Waals surface area contributed by atoms with Gasteiger partial charge in [0.25, 0.3) is 0 Å². The topological polar surface area (TPSA) is 50.8 Å². The van der Waals surface area contributed by atoms with E-state index in [0.29, 0.717) is 19.7 Å². The van der Waals surface area contributed by atoms with Crippen molar-refractivity contribution >= 4 is 5.91 Å². The molecular formula is C22H27FN2O3. The summed E-state index contributed by atoms with van der Waals surface area (Å²) in [5.74, 6) is 0.443. The first-order valence-corrected chi connectivity index (χ1v) is 9.54. The summed E-state index contributed by atoms with van der Waals surface area (Å²) in [6, 6.07) is 13.5. The number of rotatable bonds is 6. The highest BCUT2D eigenvalue weighted by Crippen LogP contribution is 2.26. The summed E-state index contributed by atoms with van der Waals surface area (Å²) >= 11 is 0. The zero-order valence-corrected chi connectivity index (χ0v) is 16.5. The Kier molecular flexibility index (Phi) is 6.65. The van der Waals surface area contributed by atoms with Gasteiger partial charge in [0.05, 0.1) is 31.9 Å². The first kappa shape index (κ1) is 20.3. The molecule has 6 heteroatoms. The molecular weight excluding hydrogens is 359 g/mol. The van der Waals surface area contributed by atoms with Crippen LogP contribution in [-0.4, -0.2) is 43.7 Å². The van der Waals surface area contributed by atoms with Gasteiger partial charge in [-0.15, -0.1) is 0 Å². The van der Waals surface area contributed by atoms with E-state index in [4.69, 9.17) is 9.47 Å². The van der Waals surface area contributed by atoms with Crippen molar-refractivity contribution in [3.8, 4) is 5.75 Å². The van der Waals surface area contributed by atoms with Crippen molar-refractivity contribution in [2.24, 2.45) is 0 Å². The van der Waals surface area contributed by atoms with E-state index in [2.05, 4.69) is 10.2 Å². The first-order chi connectivity index (χ1) is 13.5. The Balaban J connectivity index is 1.63. The van der Waals surface area contributed by atoms with Gasteiger partial charge in [0.15, 0.2) is 0 Å². The van der Waals surface area contributed by atoms with Gasteiger partial charge in [0, 0.05) is 18.7 Å². The molecule has 3 atom stereocenters. The Morgan fingerprint density at radius 2 is 1.93 bits per heavy atom. The number of halogens is 1. The van der Waals surface area contributed by atoms with E-state index in [9.17, 15) is 9.18 Å². The molecule has 150 valence electrons. The van der Waals surface area contributed by atoms with E-state index in [1.807, 2.05) is 38.1 Å². The Labute approximate surface area is 165 Å². The molecule has 1 N–H and O–H groups in total. The molecule has 5 nitrogen and oxygen atoms in total. The highest BCUT2D eigenvalue weighted by Gasteiger charge is 2.29. The van der Waals surface area contributed by atoms with Crippen LogP contribution in [0.2, 0.25) is 0 Å². The fraction of sp³-hybridized carbons (Fsp3) is 0.409. The zero-order valence-electron chi connectivity index (χ0n) is 16.5. The molecule has 3 unspecified atom stereocenters. The van der Waals surface area contributed by atoms with Crippen molar-refractivity contribution in [1.82, 2.24) is 10.2 Å². The summed E-state index contributed by atoms with van der Waals surface area (Å²) in [6.45, 7) is 5.64. The molecule has 1 aliphatic heterocycles. The number of para-hydroxylation sites is 1. The highest BCUT2D eigenvalue weighted by molar-refractivity contribution is 5.81. The first-order valence-electron chi connectivity index (χ1n) is 9.54. The van der Waals surface area contributed by atoms with Gasteiger partial charge in [-0.2, -0.15) is 0 Å².